The second-order valence-electron chi connectivity index (χ2n) is 7.74. The molecule has 0 fully saturated rings. The average Bonchev–Trinajstić information content (AvgIpc) is 3.19. The van der Waals surface area contributed by atoms with E-state index in [0.717, 1.165) is 5.56 Å². The molecule has 1 heterocycles. The van der Waals surface area contributed by atoms with Crippen LogP contribution in [0.2, 0.25) is 5.02 Å². The molecule has 4 aromatic rings. The molecule has 0 saturated heterocycles. The Morgan fingerprint density at radius 1 is 0.857 bits per heavy atom. The van der Waals surface area contributed by atoms with Crippen molar-refractivity contribution in [2.24, 2.45) is 0 Å². The Hall–Kier alpha value is -4.30. The number of ether oxygens (including phenoxy) is 1. The molecule has 0 spiro atoms. The predicted molar refractivity (Wildman–Crippen MR) is 137 cm³/mol. The van der Waals surface area contributed by atoms with Crippen LogP contribution in [0.25, 0.3) is 10.9 Å². The number of amides is 3. The molecule has 8 nitrogen and oxygen atoms in total. The fourth-order valence-corrected chi connectivity index (χ4v) is 3.63. The summed E-state index contributed by atoms with van der Waals surface area (Å²) in [5.41, 5.74) is 5.18. The van der Waals surface area contributed by atoms with Gasteiger partial charge in [0.05, 0.1) is 12.1 Å². The number of aromatic nitrogens is 1. The predicted octanol–water partition coefficient (Wildman–Crippen LogP) is 4.96. The summed E-state index contributed by atoms with van der Waals surface area (Å²) in [6.07, 6.45) is 0. The third-order valence-electron chi connectivity index (χ3n) is 5.15. The van der Waals surface area contributed by atoms with Gasteiger partial charge in [0.15, 0.2) is 0 Å². The van der Waals surface area contributed by atoms with Crippen LogP contribution in [-0.2, 0) is 9.59 Å². The minimum atomic E-state index is -0.937. The lowest BCUT2D eigenvalue weighted by Gasteiger charge is -2.13. The number of benzene rings is 3. The molecule has 4 rings (SSSR count). The first-order valence-corrected chi connectivity index (χ1v) is 11.3. The van der Waals surface area contributed by atoms with Gasteiger partial charge in [0.1, 0.15) is 11.4 Å². The first-order chi connectivity index (χ1) is 16.8. The maximum atomic E-state index is 13.1. The highest BCUT2D eigenvalue weighted by Crippen LogP contribution is 2.24. The number of nitrogens with zero attached hydrogens (tertiary/aromatic N) is 1. The highest BCUT2D eigenvalue weighted by Gasteiger charge is 2.21. The molecule has 0 aliphatic heterocycles. The normalized spacial score (nSPS) is 10.6. The van der Waals surface area contributed by atoms with Gasteiger partial charge in [-0.15, -0.1) is 0 Å². The van der Waals surface area contributed by atoms with E-state index in [-0.39, 0.29) is 5.69 Å². The van der Waals surface area contributed by atoms with Crippen molar-refractivity contribution in [2.75, 3.05) is 22.7 Å². The van der Waals surface area contributed by atoms with Gasteiger partial charge in [0.25, 0.3) is 5.91 Å². The maximum Gasteiger partial charge on any atom is 0.328 e. The molecule has 178 valence electrons. The van der Waals surface area contributed by atoms with Crippen LogP contribution in [0.1, 0.15) is 23.0 Å². The van der Waals surface area contributed by atoms with Crippen molar-refractivity contribution in [3.05, 3.63) is 89.1 Å². The zero-order chi connectivity index (χ0) is 24.9. The first-order valence-electron chi connectivity index (χ1n) is 10.9. The van der Waals surface area contributed by atoms with Gasteiger partial charge in [-0.2, -0.15) is 0 Å². The Morgan fingerprint density at radius 2 is 1.51 bits per heavy atom. The van der Waals surface area contributed by atoms with E-state index in [2.05, 4.69) is 16.1 Å². The summed E-state index contributed by atoms with van der Waals surface area (Å²) in [6.45, 7) is 4.34. The number of hydrogen-bond donors (Lipinski definition) is 3. The zero-order valence-corrected chi connectivity index (χ0v) is 19.8. The Bertz CT molecular complexity index is 1400. The minimum Gasteiger partial charge on any atom is -0.494 e. The molecule has 0 aliphatic carbocycles. The van der Waals surface area contributed by atoms with Crippen molar-refractivity contribution in [2.45, 2.75) is 13.8 Å². The van der Waals surface area contributed by atoms with Crippen molar-refractivity contribution in [3.63, 3.8) is 0 Å². The molecular weight excluding hydrogens is 468 g/mol. The van der Waals surface area contributed by atoms with Gasteiger partial charge >= 0.3 is 11.8 Å². The third kappa shape index (κ3) is 5.62. The number of halogens is 1. The molecule has 3 amide bonds. The summed E-state index contributed by atoms with van der Waals surface area (Å²) >= 11 is 6.11. The quantitative estimate of drug-likeness (QED) is 0.332. The molecule has 0 unspecified atom stereocenters. The highest BCUT2D eigenvalue weighted by atomic mass is 35.5. The van der Waals surface area contributed by atoms with E-state index in [4.69, 9.17) is 16.3 Å². The molecule has 3 N–H and O–H groups in total. The van der Waals surface area contributed by atoms with Crippen LogP contribution in [0.15, 0.2) is 72.8 Å². The number of rotatable bonds is 6. The fraction of sp³-hybridized carbons (Fsp3) is 0.115. The topological polar surface area (TPSA) is 101 Å². The van der Waals surface area contributed by atoms with E-state index in [1.165, 1.54) is 4.68 Å². The smallest absolute Gasteiger partial charge is 0.328 e. The Labute approximate surface area is 206 Å². The van der Waals surface area contributed by atoms with E-state index < -0.39 is 17.7 Å². The highest BCUT2D eigenvalue weighted by molar-refractivity contribution is 6.42. The van der Waals surface area contributed by atoms with E-state index >= 15 is 0 Å². The second-order valence-corrected chi connectivity index (χ2v) is 8.18. The lowest BCUT2D eigenvalue weighted by Crippen LogP contribution is -2.36. The number of aryl methyl sites for hydroxylation is 1. The van der Waals surface area contributed by atoms with Crippen LogP contribution < -0.4 is 20.8 Å². The molecule has 1 aromatic heterocycles. The monoisotopic (exact) mass is 490 g/mol. The summed E-state index contributed by atoms with van der Waals surface area (Å²) < 4.78 is 6.69. The molecule has 0 atom stereocenters. The molecule has 0 bridgehead atoms. The Morgan fingerprint density at radius 3 is 2.20 bits per heavy atom. The molecule has 0 aliphatic rings. The van der Waals surface area contributed by atoms with E-state index in [9.17, 15) is 14.4 Å². The number of anilines is 2. The maximum absolute atomic E-state index is 13.1. The summed E-state index contributed by atoms with van der Waals surface area (Å²) in [7, 11) is 0. The van der Waals surface area contributed by atoms with Crippen molar-refractivity contribution >= 4 is 51.6 Å². The summed E-state index contributed by atoms with van der Waals surface area (Å²) in [5, 5.41) is 6.42. The van der Waals surface area contributed by atoms with E-state index in [1.54, 1.807) is 60.7 Å². The average molecular weight is 491 g/mol. The molecule has 35 heavy (non-hydrogen) atoms. The SMILES string of the molecule is CCOc1ccc(NC(=O)c2cc3cc(Cl)ccc3n2NC(=O)C(=O)Nc2ccc(C)cc2)cc1. The zero-order valence-electron chi connectivity index (χ0n) is 19.1. The van der Waals surface area contributed by atoms with Crippen LogP contribution in [0.3, 0.4) is 0 Å². The second kappa shape index (κ2) is 10.3. The molecule has 3 aromatic carbocycles. The minimum absolute atomic E-state index is 0.118. The van der Waals surface area contributed by atoms with Gasteiger partial charge in [-0.05, 0) is 74.5 Å². The summed E-state index contributed by atoms with van der Waals surface area (Å²) in [5.74, 6) is -1.61. The van der Waals surface area contributed by atoms with Gasteiger partial charge in [0, 0.05) is 21.8 Å². The summed E-state index contributed by atoms with van der Waals surface area (Å²) in [4.78, 5) is 38.3. The largest absolute Gasteiger partial charge is 0.494 e. The third-order valence-corrected chi connectivity index (χ3v) is 5.38. The van der Waals surface area contributed by atoms with Crippen LogP contribution in [0.5, 0.6) is 5.75 Å². The Balaban J connectivity index is 1.58. The van der Waals surface area contributed by atoms with Crippen molar-refractivity contribution in [3.8, 4) is 5.75 Å². The lowest BCUT2D eigenvalue weighted by molar-refractivity contribution is -0.133. The van der Waals surface area contributed by atoms with Gasteiger partial charge in [0.2, 0.25) is 0 Å². The van der Waals surface area contributed by atoms with Crippen molar-refractivity contribution < 1.29 is 19.1 Å². The van der Waals surface area contributed by atoms with E-state index in [1.807, 2.05) is 26.0 Å². The van der Waals surface area contributed by atoms with Gasteiger partial charge in [-0.1, -0.05) is 29.3 Å². The summed E-state index contributed by atoms with van der Waals surface area (Å²) in [6, 6.07) is 20.5. The molecule has 9 heteroatoms. The molecular formula is C26H23ClN4O4. The number of nitrogens with one attached hydrogen (secondary N) is 3. The van der Waals surface area contributed by atoms with Gasteiger partial charge < -0.3 is 15.4 Å². The molecule has 0 radical (unpaired) electrons. The molecule has 0 saturated carbocycles. The number of fused-ring (bicyclic) bond motifs is 1. The van der Waals surface area contributed by atoms with Crippen LogP contribution in [-0.4, -0.2) is 29.0 Å². The lowest BCUT2D eigenvalue weighted by atomic mass is 10.2. The van der Waals surface area contributed by atoms with Gasteiger partial charge in [-0.3, -0.25) is 19.8 Å². The van der Waals surface area contributed by atoms with Gasteiger partial charge in [-0.25, -0.2) is 4.68 Å². The van der Waals surface area contributed by atoms with E-state index in [0.29, 0.717) is 39.7 Å². The Kier molecular flexibility index (Phi) is 7.03. The van der Waals surface area contributed by atoms with Crippen molar-refractivity contribution in [1.29, 1.82) is 0 Å². The van der Waals surface area contributed by atoms with Crippen molar-refractivity contribution in [1.82, 2.24) is 4.68 Å². The fourth-order valence-electron chi connectivity index (χ4n) is 3.45. The first kappa shape index (κ1) is 23.8. The number of hydrogen-bond acceptors (Lipinski definition) is 4. The standard InChI is InChI=1S/C26H23ClN4O4/c1-3-35-21-11-9-20(10-12-21)28-24(32)23-15-17-14-18(27)6-13-22(17)31(23)30-26(34)25(33)29-19-7-4-16(2)5-8-19/h4-15H,3H2,1-2H3,(H,28,32)(H,29,33)(H,30,34). The van der Waals surface area contributed by atoms with Crippen LogP contribution in [0.4, 0.5) is 11.4 Å². The number of carbonyl (C=O) groups is 3. The van der Waals surface area contributed by atoms with Crippen LogP contribution >= 0.6 is 11.6 Å². The number of carbonyl (C=O) groups excluding carboxylic acids is 3. The van der Waals surface area contributed by atoms with Crippen LogP contribution in [0, 0.1) is 6.92 Å².